The highest BCUT2D eigenvalue weighted by atomic mass is 35.5. The van der Waals surface area contributed by atoms with E-state index in [9.17, 15) is 4.79 Å². The first-order chi connectivity index (χ1) is 7.03. The van der Waals surface area contributed by atoms with Gasteiger partial charge in [-0.05, 0) is 33.1 Å². The van der Waals surface area contributed by atoms with Crippen molar-refractivity contribution in [3.8, 4) is 0 Å². The molecule has 0 aromatic rings. The SMILES string of the molecule is CC(C)(CN)C(=O)N[C@@H]1C[C@H]2CC[C@@H]1O2.Cl. The lowest BCUT2D eigenvalue weighted by Gasteiger charge is -2.26. The molecule has 0 unspecified atom stereocenters. The van der Waals surface area contributed by atoms with Crippen LogP contribution in [0.3, 0.4) is 0 Å². The summed E-state index contributed by atoms with van der Waals surface area (Å²) in [6, 6.07) is 0.210. The summed E-state index contributed by atoms with van der Waals surface area (Å²) in [6.07, 6.45) is 3.82. The van der Waals surface area contributed by atoms with Crippen molar-refractivity contribution >= 4 is 18.3 Å². The van der Waals surface area contributed by atoms with Crippen LogP contribution in [0, 0.1) is 5.41 Å². The average Bonchev–Trinajstić information content (AvgIpc) is 2.79. The van der Waals surface area contributed by atoms with Crippen molar-refractivity contribution in [2.75, 3.05) is 6.54 Å². The van der Waals surface area contributed by atoms with Crippen LogP contribution in [0.2, 0.25) is 0 Å². The maximum atomic E-state index is 11.9. The number of rotatable bonds is 3. The second kappa shape index (κ2) is 4.90. The highest BCUT2D eigenvalue weighted by molar-refractivity contribution is 5.85. The predicted octanol–water partition coefficient (Wildman–Crippen LogP) is 0.829. The standard InChI is InChI=1S/C11H20N2O2.ClH/c1-11(2,6-12)10(14)13-8-5-7-3-4-9(8)15-7;/h7-9H,3-6,12H2,1-2H3,(H,13,14);1H/t7-,8-,9+;/m1./s1. The number of nitrogens with one attached hydrogen (secondary N) is 1. The van der Waals surface area contributed by atoms with E-state index in [1.54, 1.807) is 0 Å². The van der Waals surface area contributed by atoms with Gasteiger partial charge in [0.15, 0.2) is 0 Å². The maximum Gasteiger partial charge on any atom is 0.227 e. The number of fused-ring (bicyclic) bond motifs is 2. The van der Waals surface area contributed by atoms with Gasteiger partial charge in [0.1, 0.15) is 0 Å². The lowest BCUT2D eigenvalue weighted by atomic mass is 9.90. The Balaban J connectivity index is 0.00000128. The molecule has 0 radical (unpaired) electrons. The van der Waals surface area contributed by atoms with Crippen LogP contribution in [0.15, 0.2) is 0 Å². The van der Waals surface area contributed by atoms with Crippen molar-refractivity contribution in [1.82, 2.24) is 5.32 Å². The molecule has 2 bridgehead atoms. The van der Waals surface area contributed by atoms with Crippen LogP contribution < -0.4 is 11.1 Å². The molecule has 2 aliphatic heterocycles. The van der Waals surface area contributed by atoms with Gasteiger partial charge in [-0.25, -0.2) is 0 Å². The Kier molecular flexibility index (Phi) is 4.21. The van der Waals surface area contributed by atoms with Gasteiger partial charge in [-0.3, -0.25) is 4.79 Å². The highest BCUT2D eigenvalue weighted by Gasteiger charge is 2.42. The Morgan fingerprint density at radius 3 is 2.62 bits per heavy atom. The molecule has 2 saturated heterocycles. The topological polar surface area (TPSA) is 64.4 Å². The summed E-state index contributed by atoms with van der Waals surface area (Å²) in [6.45, 7) is 4.12. The molecule has 2 rings (SSSR count). The summed E-state index contributed by atoms with van der Waals surface area (Å²) < 4.78 is 5.69. The van der Waals surface area contributed by atoms with Crippen molar-refractivity contribution in [2.45, 2.75) is 51.4 Å². The molecule has 94 valence electrons. The average molecular weight is 249 g/mol. The molecule has 2 fully saturated rings. The summed E-state index contributed by atoms with van der Waals surface area (Å²) in [5.41, 5.74) is 5.09. The number of halogens is 1. The lowest BCUT2D eigenvalue weighted by molar-refractivity contribution is -0.130. The van der Waals surface area contributed by atoms with Gasteiger partial charge in [0.2, 0.25) is 5.91 Å². The molecule has 0 aromatic carbocycles. The summed E-state index contributed by atoms with van der Waals surface area (Å²) in [5.74, 6) is 0.0474. The first kappa shape index (κ1) is 13.7. The molecule has 2 heterocycles. The van der Waals surface area contributed by atoms with Gasteiger partial charge in [-0.15, -0.1) is 12.4 Å². The molecule has 3 N–H and O–H groups in total. The molecule has 0 saturated carbocycles. The van der Waals surface area contributed by atoms with Crippen LogP contribution in [0.5, 0.6) is 0 Å². The quantitative estimate of drug-likeness (QED) is 0.778. The zero-order valence-electron chi connectivity index (χ0n) is 9.86. The summed E-state index contributed by atoms with van der Waals surface area (Å²) in [4.78, 5) is 11.9. The normalized spacial score (nSPS) is 32.3. The number of carbonyl (C=O) groups excluding carboxylic acids is 1. The van der Waals surface area contributed by atoms with Crippen molar-refractivity contribution in [2.24, 2.45) is 11.1 Å². The Hall–Kier alpha value is -0.320. The van der Waals surface area contributed by atoms with E-state index in [1.165, 1.54) is 0 Å². The fraction of sp³-hybridized carbons (Fsp3) is 0.909. The van der Waals surface area contributed by atoms with E-state index in [2.05, 4.69) is 5.32 Å². The zero-order chi connectivity index (χ0) is 11.1. The summed E-state index contributed by atoms with van der Waals surface area (Å²) >= 11 is 0. The highest BCUT2D eigenvalue weighted by Crippen LogP contribution is 2.34. The van der Waals surface area contributed by atoms with E-state index in [-0.39, 0.29) is 30.5 Å². The Labute approximate surface area is 103 Å². The van der Waals surface area contributed by atoms with E-state index >= 15 is 0 Å². The minimum Gasteiger partial charge on any atom is -0.373 e. The fourth-order valence-electron chi connectivity index (χ4n) is 2.25. The van der Waals surface area contributed by atoms with Gasteiger partial charge < -0.3 is 15.8 Å². The van der Waals surface area contributed by atoms with E-state index in [1.807, 2.05) is 13.8 Å². The van der Waals surface area contributed by atoms with Gasteiger partial charge in [-0.1, -0.05) is 0 Å². The number of amides is 1. The third-order valence-electron chi connectivity index (χ3n) is 3.55. The second-order valence-corrected chi connectivity index (χ2v) is 5.28. The molecule has 0 spiro atoms. The Morgan fingerprint density at radius 1 is 1.50 bits per heavy atom. The molecular formula is C11H21ClN2O2. The van der Waals surface area contributed by atoms with Crippen LogP contribution in [0.4, 0.5) is 0 Å². The first-order valence-electron chi connectivity index (χ1n) is 5.69. The van der Waals surface area contributed by atoms with Crippen molar-refractivity contribution in [1.29, 1.82) is 0 Å². The third-order valence-corrected chi connectivity index (χ3v) is 3.55. The van der Waals surface area contributed by atoms with Crippen LogP contribution in [-0.2, 0) is 9.53 Å². The van der Waals surface area contributed by atoms with Crippen LogP contribution in [0.25, 0.3) is 0 Å². The second-order valence-electron chi connectivity index (χ2n) is 5.28. The van der Waals surface area contributed by atoms with E-state index in [0.29, 0.717) is 12.6 Å². The van der Waals surface area contributed by atoms with E-state index in [4.69, 9.17) is 10.5 Å². The van der Waals surface area contributed by atoms with Gasteiger partial charge in [-0.2, -0.15) is 0 Å². The molecule has 5 heteroatoms. The van der Waals surface area contributed by atoms with Crippen molar-refractivity contribution in [3.63, 3.8) is 0 Å². The summed E-state index contributed by atoms with van der Waals surface area (Å²) in [7, 11) is 0. The number of nitrogens with two attached hydrogens (primary N) is 1. The van der Waals surface area contributed by atoms with Gasteiger partial charge in [0.25, 0.3) is 0 Å². The van der Waals surface area contributed by atoms with Gasteiger partial charge >= 0.3 is 0 Å². The minimum absolute atomic E-state index is 0. The predicted molar refractivity (Wildman–Crippen MR) is 64.5 cm³/mol. The maximum absolute atomic E-state index is 11.9. The molecular weight excluding hydrogens is 228 g/mol. The third kappa shape index (κ3) is 2.50. The molecule has 1 amide bonds. The van der Waals surface area contributed by atoms with Crippen molar-refractivity contribution in [3.05, 3.63) is 0 Å². The molecule has 3 atom stereocenters. The fourth-order valence-corrected chi connectivity index (χ4v) is 2.25. The summed E-state index contributed by atoms with van der Waals surface area (Å²) in [5, 5.41) is 3.06. The number of hydrogen-bond donors (Lipinski definition) is 2. The number of carbonyl (C=O) groups is 1. The molecule has 2 aliphatic rings. The van der Waals surface area contributed by atoms with Crippen molar-refractivity contribution < 1.29 is 9.53 Å². The smallest absolute Gasteiger partial charge is 0.227 e. The van der Waals surface area contributed by atoms with E-state index < -0.39 is 5.41 Å². The number of hydrogen-bond acceptors (Lipinski definition) is 3. The monoisotopic (exact) mass is 248 g/mol. The Bertz CT molecular complexity index is 271. The molecule has 0 aliphatic carbocycles. The Morgan fingerprint density at radius 2 is 2.19 bits per heavy atom. The first-order valence-corrected chi connectivity index (χ1v) is 5.69. The van der Waals surface area contributed by atoms with Crippen LogP contribution in [0.1, 0.15) is 33.1 Å². The zero-order valence-corrected chi connectivity index (χ0v) is 10.7. The molecule has 0 aromatic heterocycles. The molecule has 16 heavy (non-hydrogen) atoms. The van der Waals surface area contributed by atoms with Gasteiger partial charge in [0, 0.05) is 6.54 Å². The van der Waals surface area contributed by atoms with E-state index in [0.717, 1.165) is 19.3 Å². The van der Waals surface area contributed by atoms with Gasteiger partial charge in [0.05, 0.1) is 23.7 Å². The molecule has 4 nitrogen and oxygen atoms in total. The number of ether oxygens (including phenoxy) is 1. The largest absolute Gasteiger partial charge is 0.373 e. The van der Waals surface area contributed by atoms with Crippen LogP contribution >= 0.6 is 12.4 Å². The lowest BCUT2D eigenvalue weighted by Crippen LogP contribution is -2.49. The minimum atomic E-state index is -0.470. The van der Waals surface area contributed by atoms with Crippen LogP contribution in [-0.4, -0.2) is 30.7 Å².